The maximum Gasteiger partial charge on any atom is 0.139 e. The molecule has 0 atom stereocenters. The highest BCUT2D eigenvalue weighted by Gasteiger charge is 2.16. The highest BCUT2D eigenvalue weighted by Crippen LogP contribution is 2.23. The zero-order valence-corrected chi connectivity index (χ0v) is 16.1. The second kappa shape index (κ2) is 7.96. The number of piperidine rings is 1. The lowest BCUT2D eigenvalue weighted by Crippen LogP contribution is -2.33. The van der Waals surface area contributed by atoms with Crippen LogP contribution in [0.5, 0.6) is 0 Å². The summed E-state index contributed by atoms with van der Waals surface area (Å²) in [6.07, 6.45) is 6.41. The van der Waals surface area contributed by atoms with E-state index in [1.807, 2.05) is 19.3 Å². The summed E-state index contributed by atoms with van der Waals surface area (Å²) in [6, 6.07) is 8.36. The summed E-state index contributed by atoms with van der Waals surface area (Å²) in [7, 11) is 2.20. The number of fused-ring (bicyclic) bond motifs is 1. The van der Waals surface area contributed by atoms with E-state index in [4.69, 9.17) is 0 Å². The van der Waals surface area contributed by atoms with Gasteiger partial charge in [-0.2, -0.15) is 0 Å². The Balaban J connectivity index is 1.32. The fraction of sp³-hybridized carbons (Fsp3) is 0.429. The van der Waals surface area contributed by atoms with Gasteiger partial charge in [0, 0.05) is 42.3 Å². The lowest BCUT2D eigenvalue weighted by molar-refractivity contribution is 0.226. The van der Waals surface area contributed by atoms with Crippen molar-refractivity contribution in [2.45, 2.75) is 26.3 Å². The molecule has 27 heavy (non-hydrogen) atoms. The lowest BCUT2D eigenvalue weighted by Gasteiger charge is -2.29. The van der Waals surface area contributed by atoms with Gasteiger partial charge in [0.25, 0.3) is 0 Å². The molecule has 6 heteroatoms. The minimum Gasteiger partial charge on any atom is -0.380 e. The first-order valence-corrected chi connectivity index (χ1v) is 9.73. The molecule has 3 N–H and O–H groups in total. The number of nitrogens with one attached hydrogen (secondary N) is 3. The number of pyridine rings is 2. The van der Waals surface area contributed by atoms with E-state index in [2.05, 4.69) is 61.8 Å². The number of aromatic nitrogens is 3. The predicted octanol–water partition coefficient (Wildman–Crippen LogP) is 3.63. The number of hydrogen-bond acceptors (Lipinski definition) is 5. The summed E-state index contributed by atoms with van der Waals surface area (Å²) >= 11 is 0. The number of aryl methyl sites for hydroxylation is 1. The molecule has 142 valence electrons. The molecule has 6 nitrogen and oxygen atoms in total. The molecule has 0 amide bonds. The van der Waals surface area contributed by atoms with E-state index in [1.54, 1.807) is 0 Å². The van der Waals surface area contributed by atoms with Crippen molar-refractivity contribution in [3.63, 3.8) is 0 Å². The van der Waals surface area contributed by atoms with Crippen LogP contribution in [0.2, 0.25) is 0 Å². The number of aromatic amines is 1. The zero-order valence-electron chi connectivity index (χ0n) is 16.1. The fourth-order valence-corrected chi connectivity index (χ4v) is 3.66. The first-order chi connectivity index (χ1) is 13.2. The summed E-state index contributed by atoms with van der Waals surface area (Å²) in [4.78, 5) is 14.7. The molecule has 0 spiro atoms. The Labute approximate surface area is 160 Å². The van der Waals surface area contributed by atoms with Gasteiger partial charge in [-0.1, -0.05) is 6.07 Å². The Morgan fingerprint density at radius 2 is 2.04 bits per heavy atom. The van der Waals surface area contributed by atoms with Gasteiger partial charge in [-0.3, -0.25) is 0 Å². The third-order valence-electron chi connectivity index (χ3n) is 5.37. The van der Waals surface area contributed by atoms with Crippen molar-refractivity contribution in [3.8, 4) is 0 Å². The van der Waals surface area contributed by atoms with Crippen molar-refractivity contribution in [2.24, 2.45) is 5.92 Å². The molecular formula is C21H28N6. The van der Waals surface area contributed by atoms with Gasteiger partial charge in [-0.15, -0.1) is 0 Å². The van der Waals surface area contributed by atoms with Crippen LogP contribution < -0.4 is 10.6 Å². The van der Waals surface area contributed by atoms with Crippen molar-refractivity contribution in [2.75, 3.05) is 37.3 Å². The first kappa shape index (κ1) is 17.8. The molecule has 3 aromatic heterocycles. The molecule has 0 aromatic carbocycles. The second-order valence-electron chi connectivity index (χ2n) is 7.58. The van der Waals surface area contributed by atoms with Gasteiger partial charge in [0.1, 0.15) is 11.5 Å². The van der Waals surface area contributed by atoms with Gasteiger partial charge in [0.05, 0.1) is 0 Å². The lowest BCUT2D eigenvalue weighted by atomic mass is 9.97. The summed E-state index contributed by atoms with van der Waals surface area (Å²) < 4.78 is 0. The van der Waals surface area contributed by atoms with Crippen LogP contribution >= 0.6 is 0 Å². The molecular weight excluding hydrogens is 336 g/mol. The van der Waals surface area contributed by atoms with Gasteiger partial charge in [0.15, 0.2) is 0 Å². The summed E-state index contributed by atoms with van der Waals surface area (Å²) in [5.74, 6) is 1.72. The molecule has 1 aliphatic rings. The van der Waals surface area contributed by atoms with E-state index >= 15 is 0 Å². The van der Waals surface area contributed by atoms with Crippen LogP contribution in [-0.2, 0) is 6.54 Å². The molecule has 1 aliphatic heterocycles. The minimum absolute atomic E-state index is 0.742. The third kappa shape index (κ3) is 4.39. The normalized spacial score (nSPS) is 15.9. The quantitative estimate of drug-likeness (QED) is 0.623. The van der Waals surface area contributed by atoms with E-state index < -0.39 is 0 Å². The van der Waals surface area contributed by atoms with Gasteiger partial charge >= 0.3 is 0 Å². The maximum absolute atomic E-state index is 4.58. The van der Waals surface area contributed by atoms with Crippen LogP contribution in [0, 0.1) is 12.8 Å². The van der Waals surface area contributed by atoms with Crippen molar-refractivity contribution in [3.05, 3.63) is 47.9 Å². The number of likely N-dealkylation sites (tertiary alicyclic amines) is 1. The monoisotopic (exact) mass is 364 g/mol. The topological polar surface area (TPSA) is 68.9 Å². The number of nitrogens with zero attached hydrogens (tertiary/aromatic N) is 3. The van der Waals surface area contributed by atoms with Gasteiger partial charge in [-0.05, 0) is 69.6 Å². The average molecular weight is 364 g/mol. The smallest absolute Gasteiger partial charge is 0.139 e. The summed E-state index contributed by atoms with van der Waals surface area (Å²) in [5.41, 5.74) is 4.18. The van der Waals surface area contributed by atoms with E-state index in [-0.39, 0.29) is 0 Å². The first-order valence-electron chi connectivity index (χ1n) is 9.73. The van der Waals surface area contributed by atoms with Crippen LogP contribution in [0.1, 0.15) is 24.1 Å². The Bertz CT molecular complexity index is 877. The summed E-state index contributed by atoms with van der Waals surface area (Å²) in [6.45, 7) is 6.17. The van der Waals surface area contributed by atoms with Crippen molar-refractivity contribution in [1.82, 2.24) is 19.9 Å². The molecule has 4 rings (SSSR count). The third-order valence-corrected chi connectivity index (χ3v) is 5.37. The Morgan fingerprint density at radius 3 is 2.81 bits per heavy atom. The maximum atomic E-state index is 4.58. The minimum atomic E-state index is 0.742. The number of rotatable bonds is 6. The van der Waals surface area contributed by atoms with Crippen molar-refractivity contribution in [1.29, 1.82) is 0 Å². The molecule has 1 saturated heterocycles. The van der Waals surface area contributed by atoms with E-state index in [9.17, 15) is 0 Å². The number of anilines is 2. The Morgan fingerprint density at radius 1 is 1.19 bits per heavy atom. The van der Waals surface area contributed by atoms with E-state index in [0.29, 0.717) is 0 Å². The highest BCUT2D eigenvalue weighted by molar-refractivity contribution is 5.89. The predicted molar refractivity (Wildman–Crippen MR) is 111 cm³/mol. The van der Waals surface area contributed by atoms with Crippen LogP contribution in [0.4, 0.5) is 11.5 Å². The van der Waals surface area contributed by atoms with Gasteiger partial charge < -0.3 is 20.5 Å². The number of hydrogen-bond donors (Lipinski definition) is 3. The van der Waals surface area contributed by atoms with E-state index in [0.717, 1.165) is 52.8 Å². The number of H-pyrrole nitrogens is 1. The second-order valence-corrected chi connectivity index (χ2v) is 7.58. The zero-order chi connectivity index (χ0) is 18.6. The van der Waals surface area contributed by atoms with Gasteiger partial charge in [0.2, 0.25) is 0 Å². The molecule has 0 bridgehead atoms. The summed E-state index contributed by atoms with van der Waals surface area (Å²) in [5, 5.41) is 8.12. The fourth-order valence-electron chi connectivity index (χ4n) is 3.66. The van der Waals surface area contributed by atoms with Crippen LogP contribution in [-0.4, -0.2) is 46.5 Å². The SMILES string of the molecule is Cc1cc(NCc2ccc(NCC3CCN(C)CC3)nc2)c2cc[nH]c2n1. The van der Waals surface area contributed by atoms with Crippen molar-refractivity contribution >= 4 is 22.5 Å². The standard InChI is InChI=1S/C21H28N6/c1-15-11-19(18-5-8-22-21(18)26-15)23-13-17-3-4-20(25-14-17)24-12-16-6-9-27(2)10-7-16/h3-5,8,11,14,16H,6-7,9-10,12-13H2,1-2H3,(H,24,25)(H2,22,23,26). The average Bonchev–Trinajstić information content (AvgIpc) is 3.15. The molecule has 0 unspecified atom stereocenters. The van der Waals surface area contributed by atoms with Crippen LogP contribution in [0.3, 0.4) is 0 Å². The highest BCUT2D eigenvalue weighted by atomic mass is 15.1. The molecule has 0 saturated carbocycles. The molecule has 0 radical (unpaired) electrons. The Kier molecular flexibility index (Phi) is 5.25. The Hall–Kier alpha value is -2.60. The van der Waals surface area contributed by atoms with Gasteiger partial charge in [-0.25, -0.2) is 9.97 Å². The van der Waals surface area contributed by atoms with Crippen LogP contribution in [0.25, 0.3) is 11.0 Å². The van der Waals surface area contributed by atoms with E-state index in [1.165, 1.54) is 25.9 Å². The molecule has 1 fully saturated rings. The van der Waals surface area contributed by atoms with Crippen molar-refractivity contribution < 1.29 is 0 Å². The molecule has 0 aliphatic carbocycles. The molecule has 4 heterocycles. The van der Waals surface area contributed by atoms with Crippen LogP contribution in [0.15, 0.2) is 36.7 Å². The molecule has 3 aromatic rings. The largest absolute Gasteiger partial charge is 0.380 e.